The molecule has 9 rings (SSSR count). The van der Waals surface area contributed by atoms with Crippen molar-refractivity contribution in [3.8, 4) is 45.6 Å². The monoisotopic (exact) mass is 674 g/mol. The number of hydrogen-bond acceptors (Lipinski definition) is 10. The third-order valence-electron chi connectivity index (χ3n) is 8.18. The molecule has 0 amide bonds. The van der Waals surface area contributed by atoms with Crippen molar-refractivity contribution in [2.45, 2.75) is 9.79 Å². The zero-order valence-corrected chi connectivity index (χ0v) is 25.7. The van der Waals surface area contributed by atoms with Gasteiger partial charge in [-0.1, -0.05) is 48.5 Å². The first-order valence-electron chi connectivity index (χ1n) is 14.3. The third-order valence-corrected chi connectivity index (χ3v) is 9.88. The van der Waals surface area contributed by atoms with E-state index in [9.17, 15) is 25.9 Å². The number of aromatic amines is 2. The smallest absolute Gasteiger partial charge is 0.294 e. The van der Waals surface area contributed by atoms with Crippen LogP contribution in [0.2, 0.25) is 0 Å². The average molecular weight is 675 g/mol. The van der Waals surface area contributed by atoms with Gasteiger partial charge >= 0.3 is 0 Å². The van der Waals surface area contributed by atoms with E-state index in [1.165, 1.54) is 36.4 Å². The molecule has 0 radical (unpaired) electrons. The van der Waals surface area contributed by atoms with E-state index < -0.39 is 20.2 Å². The van der Waals surface area contributed by atoms with E-state index in [1.54, 1.807) is 0 Å². The molecule has 5 heterocycles. The van der Waals surface area contributed by atoms with Crippen LogP contribution in [0.5, 0.6) is 0 Å². The van der Waals surface area contributed by atoms with E-state index in [0.29, 0.717) is 56.0 Å². The summed E-state index contributed by atoms with van der Waals surface area (Å²) in [5.41, 5.74) is 3.43. The second kappa shape index (κ2) is 9.79. The zero-order valence-electron chi connectivity index (χ0n) is 24.1. The fourth-order valence-corrected chi connectivity index (χ4v) is 6.99. The number of fused-ring (bicyclic) bond motifs is 20. The molecule has 0 unspecified atom stereocenters. The molecule has 234 valence electrons. The number of rotatable bonds is 2. The van der Waals surface area contributed by atoms with Crippen LogP contribution in [0.25, 0.3) is 89.7 Å². The third kappa shape index (κ3) is 4.39. The van der Waals surface area contributed by atoms with E-state index in [0.717, 1.165) is 10.8 Å². The standard InChI is InChI=1S/C32H18N8O6S2/c41-47(42,43)15-9-11-21-23(13-15)31-37-27-19-7-3-1-5-17(19)25(34-27)33-26-18-6-2-4-8-20(18)28(35-26)38-32-24-14-16(48(44,45)46)10-12-22(24)30(40-32)36-29(21)39-31/h1-14H,(H,41,42,43)(H,44,45,46)(H2,33,34,35,36,37,38,39,40). The van der Waals surface area contributed by atoms with Gasteiger partial charge in [-0.15, -0.1) is 0 Å². The van der Waals surface area contributed by atoms with Crippen molar-refractivity contribution in [3.63, 3.8) is 0 Å². The number of nitrogens with zero attached hydrogens (tertiary/aromatic N) is 6. The highest BCUT2D eigenvalue weighted by atomic mass is 32.2. The van der Waals surface area contributed by atoms with Crippen LogP contribution < -0.4 is 0 Å². The molecule has 2 aliphatic heterocycles. The molecule has 7 aromatic rings. The lowest BCUT2D eigenvalue weighted by Crippen LogP contribution is -1.98. The van der Waals surface area contributed by atoms with E-state index in [4.69, 9.17) is 24.9 Å². The van der Waals surface area contributed by atoms with Gasteiger partial charge in [-0.05, 0) is 36.4 Å². The molecule has 0 atom stereocenters. The fourth-order valence-electron chi connectivity index (χ4n) is 5.97. The van der Waals surface area contributed by atoms with Gasteiger partial charge in [0.05, 0.1) is 9.79 Å². The van der Waals surface area contributed by atoms with Gasteiger partial charge in [0.2, 0.25) is 0 Å². The predicted molar refractivity (Wildman–Crippen MR) is 176 cm³/mol. The van der Waals surface area contributed by atoms with E-state index >= 15 is 0 Å². The summed E-state index contributed by atoms with van der Waals surface area (Å²) in [7, 11) is -9.13. The maximum atomic E-state index is 12.1. The van der Waals surface area contributed by atoms with Crippen LogP contribution in [0.1, 0.15) is 0 Å². The van der Waals surface area contributed by atoms with Gasteiger partial charge in [-0.3, -0.25) is 9.11 Å². The van der Waals surface area contributed by atoms with Crippen molar-refractivity contribution in [1.29, 1.82) is 0 Å². The molecule has 3 aromatic heterocycles. The Morgan fingerprint density at radius 1 is 0.417 bits per heavy atom. The van der Waals surface area contributed by atoms with Gasteiger partial charge in [-0.2, -0.15) is 16.8 Å². The minimum Gasteiger partial charge on any atom is -0.324 e. The van der Waals surface area contributed by atoms with Gasteiger partial charge in [0.15, 0.2) is 23.3 Å². The molecule has 8 bridgehead atoms. The number of nitrogens with one attached hydrogen (secondary N) is 2. The molecule has 0 saturated heterocycles. The summed E-state index contributed by atoms with van der Waals surface area (Å²) >= 11 is 0. The van der Waals surface area contributed by atoms with Gasteiger partial charge < -0.3 is 9.97 Å². The zero-order chi connectivity index (χ0) is 32.9. The average Bonchev–Trinajstić information content (AvgIpc) is 3.79. The largest absolute Gasteiger partial charge is 0.324 e. The summed E-state index contributed by atoms with van der Waals surface area (Å²) in [6.07, 6.45) is 0. The first-order chi connectivity index (χ1) is 23.0. The minimum atomic E-state index is -4.57. The molecule has 2 aliphatic rings. The number of aromatic nitrogens is 8. The quantitative estimate of drug-likeness (QED) is 0.170. The Morgan fingerprint density at radius 3 is 1.33 bits per heavy atom. The number of benzene rings is 4. The summed E-state index contributed by atoms with van der Waals surface area (Å²) in [5.74, 6) is 0.951. The molecular weight excluding hydrogens is 657 g/mol. The topological polar surface area (TPSA) is 218 Å². The number of H-pyrrole nitrogens is 2. The maximum Gasteiger partial charge on any atom is 0.294 e. The molecular formula is C32H18N8O6S2. The van der Waals surface area contributed by atoms with Gasteiger partial charge in [-0.25, -0.2) is 29.9 Å². The number of hydrogen-bond donors (Lipinski definition) is 4. The van der Waals surface area contributed by atoms with Crippen molar-refractivity contribution >= 4 is 64.4 Å². The Bertz CT molecular complexity index is 2980. The molecule has 14 nitrogen and oxygen atoms in total. The van der Waals surface area contributed by atoms with Crippen molar-refractivity contribution in [1.82, 2.24) is 39.9 Å². The van der Waals surface area contributed by atoms with Crippen molar-refractivity contribution < 1.29 is 25.9 Å². The Balaban J connectivity index is 1.49. The van der Waals surface area contributed by atoms with Crippen molar-refractivity contribution in [2.24, 2.45) is 0 Å². The molecule has 48 heavy (non-hydrogen) atoms. The molecule has 0 aliphatic carbocycles. The van der Waals surface area contributed by atoms with Crippen LogP contribution in [-0.2, 0) is 20.2 Å². The Labute approximate surface area is 269 Å². The van der Waals surface area contributed by atoms with Crippen LogP contribution in [-0.4, -0.2) is 65.8 Å². The summed E-state index contributed by atoms with van der Waals surface area (Å²) in [4.78, 5) is 34.4. The Hall–Kier alpha value is -5.94. The first kappa shape index (κ1) is 28.3. The summed E-state index contributed by atoms with van der Waals surface area (Å²) < 4.78 is 68.1. The molecule has 0 fully saturated rings. The van der Waals surface area contributed by atoms with E-state index in [-0.39, 0.29) is 32.7 Å². The van der Waals surface area contributed by atoms with Crippen LogP contribution in [0, 0.1) is 0 Å². The highest BCUT2D eigenvalue weighted by Crippen LogP contribution is 2.38. The second-order valence-corrected chi connectivity index (χ2v) is 13.9. The molecule has 4 aromatic carbocycles. The molecule has 0 spiro atoms. The molecule has 16 heteroatoms. The second-order valence-electron chi connectivity index (χ2n) is 11.1. The predicted octanol–water partition coefficient (Wildman–Crippen LogP) is 5.36. The Kier molecular flexibility index (Phi) is 5.77. The lowest BCUT2D eigenvalue weighted by atomic mass is 10.1. The van der Waals surface area contributed by atoms with Crippen molar-refractivity contribution in [3.05, 3.63) is 84.9 Å². The van der Waals surface area contributed by atoms with Gasteiger partial charge in [0, 0.05) is 43.8 Å². The Morgan fingerprint density at radius 2 is 0.812 bits per heavy atom. The maximum absolute atomic E-state index is 12.1. The van der Waals surface area contributed by atoms with Crippen LogP contribution in [0.15, 0.2) is 94.7 Å². The highest BCUT2D eigenvalue weighted by molar-refractivity contribution is 7.86. The van der Waals surface area contributed by atoms with Crippen LogP contribution >= 0.6 is 0 Å². The fraction of sp³-hybridized carbons (Fsp3) is 0. The molecule has 0 saturated carbocycles. The summed E-state index contributed by atoms with van der Waals surface area (Å²) in [5, 5.41) is 2.24. The van der Waals surface area contributed by atoms with E-state index in [2.05, 4.69) is 15.0 Å². The van der Waals surface area contributed by atoms with Crippen molar-refractivity contribution in [2.75, 3.05) is 0 Å². The lowest BCUT2D eigenvalue weighted by Gasteiger charge is -2.01. The molecule has 4 N–H and O–H groups in total. The van der Waals surface area contributed by atoms with E-state index in [1.807, 2.05) is 48.5 Å². The SMILES string of the molecule is O=S(=O)(O)c1ccc2c(c1)-c1nc-2nc2[nH]c(nc3nc(nc4[nH]c(n1)c1ccccc41)-c1ccccc1-3)c1cc(S(=O)(=O)O)ccc21. The summed E-state index contributed by atoms with van der Waals surface area (Å²) in [6, 6.07) is 22.9. The van der Waals surface area contributed by atoms with Gasteiger partial charge in [0.1, 0.15) is 22.6 Å². The summed E-state index contributed by atoms with van der Waals surface area (Å²) in [6.45, 7) is 0. The first-order valence-corrected chi connectivity index (χ1v) is 17.1. The van der Waals surface area contributed by atoms with Crippen LogP contribution in [0.3, 0.4) is 0 Å². The highest BCUT2D eigenvalue weighted by Gasteiger charge is 2.24. The lowest BCUT2D eigenvalue weighted by molar-refractivity contribution is 0.481. The van der Waals surface area contributed by atoms with Crippen LogP contribution in [0.4, 0.5) is 0 Å². The van der Waals surface area contributed by atoms with Gasteiger partial charge in [0.25, 0.3) is 20.2 Å². The minimum absolute atomic E-state index is 0.119. The normalized spacial score (nSPS) is 12.7.